The molecule has 3 aliphatic rings. The molecule has 0 radical (unpaired) electrons. The zero-order chi connectivity index (χ0) is 25.4. The van der Waals surface area contributed by atoms with Gasteiger partial charge in [0.05, 0.1) is 23.2 Å². The number of rotatable bonds is 4. The van der Waals surface area contributed by atoms with Gasteiger partial charge in [-0.1, -0.05) is 49.2 Å². The summed E-state index contributed by atoms with van der Waals surface area (Å²) in [5, 5.41) is 0. The molecule has 7 heteroatoms. The van der Waals surface area contributed by atoms with Crippen LogP contribution in [0.3, 0.4) is 0 Å². The highest BCUT2D eigenvalue weighted by molar-refractivity contribution is 5.90. The molecule has 36 heavy (non-hydrogen) atoms. The van der Waals surface area contributed by atoms with Crippen LogP contribution in [0.25, 0.3) is 0 Å². The molecule has 0 spiro atoms. The summed E-state index contributed by atoms with van der Waals surface area (Å²) in [5.41, 5.74) is 0.145. The van der Waals surface area contributed by atoms with E-state index in [-0.39, 0.29) is 11.8 Å². The summed E-state index contributed by atoms with van der Waals surface area (Å²) in [5.74, 6) is -0.663. The molecular formula is C29H33NO6. The van der Waals surface area contributed by atoms with Crippen LogP contribution >= 0.6 is 0 Å². The molecule has 2 aromatic carbocycles. The molecule has 2 aromatic rings. The number of esters is 2. The molecule has 0 aromatic heterocycles. The summed E-state index contributed by atoms with van der Waals surface area (Å²) in [7, 11) is 0. The van der Waals surface area contributed by atoms with Gasteiger partial charge in [0.25, 0.3) is 0 Å². The number of benzene rings is 2. The molecule has 2 saturated heterocycles. The summed E-state index contributed by atoms with van der Waals surface area (Å²) < 4.78 is 17.9. The fourth-order valence-electron chi connectivity index (χ4n) is 6.20. The fourth-order valence-corrected chi connectivity index (χ4v) is 6.20. The first kappa shape index (κ1) is 24.3. The molecule has 3 fully saturated rings. The van der Waals surface area contributed by atoms with E-state index in [1.54, 1.807) is 53.4 Å². The molecule has 7 nitrogen and oxygen atoms in total. The Morgan fingerprint density at radius 2 is 1.14 bits per heavy atom. The summed E-state index contributed by atoms with van der Waals surface area (Å²) >= 11 is 0. The van der Waals surface area contributed by atoms with Crippen molar-refractivity contribution in [2.75, 3.05) is 0 Å². The van der Waals surface area contributed by atoms with Crippen molar-refractivity contribution in [3.05, 3.63) is 71.8 Å². The molecule has 1 aliphatic carbocycles. The van der Waals surface area contributed by atoms with Crippen LogP contribution in [0.15, 0.2) is 60.7 Å². The normalized spacial score (nSPS) is 28.8. The standard InChI is InChI=1S/C29H33NO6/c1-29(2,3)36-28(33)30-22-20-16-10-11-17-21(20)23(30)25(35-27(32)19-14-8-5-9-15-19)24(22)34-26(31)18-12-6-4-7-13-18/h4-9,12-15,20-25H,10-11,16-17H2,1-3H3. The fraction of sp³-hybridized carbons (Fsp3) is 0.483. The number of fused-ring (bicyclic) bond motifs is 5. The molecule has 1 saturated carbocycles. The SMILES string of the molecule is CC(C)(C)OC(=O)N1C2C3CCCCC3C1C(OC(=O)c1ccccc1)C2OC(=O)c1ccccc1. The summed E-state index contributed by atoms with van der Waals surface area (Å²) in [6, 6.07) is 16.7. The lowest BCUT2D eigenvalue weighted by Gasteiger charge is -2.40. The minimum atomic E-state index is -0.776. The van der Waals surface area contributed by atoms with E-state index >= 15 is 0 Å². The predicted octanol–water partition coefficient (Wildman–Crippen LogP) is 5.25. The minimum absolute atomic E-state index is 0.163. The number of hydrogen-bond acceptors (Lipinski definition) is 6. The van der Waals surface area contributed by atoms with Crippen molar-refractivity contribution in [2.45, 2.75) is 76.3 Å². The Bertz CT molecular complexity index is 1040. The molecule has 0 N–H and O–H groups in total. The lowest BCUT2D eigenvalue weighted by molar-refractivity contribution is -0.0620. The number of carbonyl (C=O) groups excluding carboxylic acids is 3. The summed E-state index contributed by atoms with van der Waals surface area (Å²) in [6.45, 7) is 5.49. The van der Waals surface area contributed by atoms with Gasteiger partial charge in [-0.3, -0.25) is 4.90 Å². The predicted molar refractivity (Wildman–Crippen MR) is 132 cm³/mol. The quantitative estimate of drug-likeness (QED) is 0.429. The number of carbonyl (C=O) groups is 3. The maximum atomic E-state index is 13.5. The highest BCUT2D eigenvalue weighted by Gasteiger charge is 2.68. The molecule has 6 atom stereocenters. The second-order valence-corrected chi connectivity index (χ2v) is 11.0. The van der Waals surface area contributed by atoms with Gasteiger partial charge in [-0.05, 0) is 69.7 Å². The van der Waals surface area contributed by atoms with Gasteiger partial charge in [0.15, 0.2) is 12.2 Å². The second-order valence-electron chi connectivity index (χ2n) is 11.0. The molecule has 1 amide bonds. The van der Waals surface area contributed by atoms with Crippen molar-refractivity contribution in [1.82, 2.24) is 4.90 Å². The third-order valence-corrected chi connectivity index (χ3v) is 7.50. The van der Waals surface area contributed by atoms with Gasteiger partial charge < -0.3 is 14.2 Å². The van der Waals surface area contributed by atoms with E-state index in [0.717, 1.165) is 25.7 Å². The Morgan fingerprint density at radius 1 is 0.722 bits per heavy atom. The maximum Gasteiger partial charge on any atom is 0.411 e. The van der Waals surface area contributed by atoms with E-state index < -0.39 is 47.9 Å². The first-order chi connectivity index (χ1) is 17.2. The lowest BCUT2D eigenvalue weighted by atomic mass is 9.69. The number of amides is 1. The number of ether oxygens (including phenoxy) is 3. The summed E-state index contributed by atoms with van der Waals surface area (Å²) in [6.07, 6.45) is 1.98. The van der Waals surface area contributed by atoms with Crippen LogP contribution in [0.5, 0.6) is 0 Å². The van der Waals surface area contributed by atoms with Gasteiger partial charge in [0.2, 0.25) is 0 Å². The molecule has 190 valence electrons. The Hall–Kier alpha value is -3.35. The monoisotopic (exact) mass is 491 g/mol. The van der Waals surface area contributed by atoms with E-state index in [1.165, 1.54) is 0 Å². The van der Waals surface area contributed by atoms with Crippen molar-refractivity contribution in [2.24, 2.45) is 11.8 Å². The van der Waals surface area contributed by atoms with Gasteiger partial charge in [-0.15, -0.1) is 0 Å². The Balaban J connectivity index is 1.50. The smallest absolute Gasteiger partial charge is 0.411 e. The van der Waals surface area contributed by atoms with E-state index in [9.17, 15) is 14.4 Å². The molecule has 2 bridgehead atoms. The van der Waals surface area contributed by atoms with Crippen molar-refractivity contribution < 1.29 is 28.6 Å². The van der Waals surface area contributed by atoms with Crippen LogP contribution in [-0.2, 0) is 14.2 Å². The van der Waals surface area contributed by atoms with E-state index in [4.69, 9.17) is 14.2 Å². The highest BCUT2D eigenvalue weighted by Crippen LogP contribution is 2.54. The molecule has 5 rings (SSSR count). The van der Waals surface area contributed by atoms with Crippen molar-refractivity contribution >= 4 is 18.0 Å². The van der Waals surface area contributed by atoms with Crippen LogP contribution in [0.1, 0.15) is 67.2 Å². The second kappa shape index (κ2) is 9.60. The zero-order valence-electron chi connectivity index (χ0n) is 21.0. The van der Waals surface area contributed by atoms with Crippen LogP contribution in [-0.4, -0.2) is 52.8 Å². The molecule has 6 unspecified atom stereocenters. The topological polar surface area (TPSA) is 82.1 Å². The van der Waals surface area contributed by atoms with Crippen molar-refractivity contribution in [3.63, 3.8) is 0 Å². The average molecular weight is 492 g/mol. The third kappa shape index (κ3) is 4.59. The molecule has 2 heterocycles. The highest BCUT2D eigenvalue weighted by atomic mass is 16.6. The number of hydrogen-bond donors (Lipinski definition) is 0. The zero-order valence-corrected chi connectivity index (χ0v) is 21.0. The molecular weight excluding hydrogens is 458 g/mol. The Morgan fingerprint density at radius 3 is 1.53 bits per heavy atom. The third-order valence-electron chi connectivity index (χ3n) is 7.50. The average Bonchev–Trinajstić information content (AvgIpc) is 3.36. The van der Waals surface area contributed by atoms with E-state index in [2.05, 4.69) is 0 Å². The first-order valence-corrected chi connectivity index (χ1v) is 12.8. The van der Waals surface area contributed by atoms with Gasteiger partial charge in [0, 0.05) is 0 Å². The van der Waals surface area contributed by atoms with E-state index in [0.29, 0.717) is 11.1 Å². The van der Waals surface area contributed by atoms with Crippen molar-refractivity contribution in [1.29, 1.82) is 0 Å². The number of nitrogens with zero attached hydrogens (tertiary/aromatic N) is 1. The minimum Gasteiger partial charge on any atom is -0.452 e. The maximum absolute atomic E-state index is 13.5. The van der Waals surface area contributed by atoms with Gasteiger partial charge in [0.1, 0.15) is 5.60 Å². The Labute approximate surface area is 211 Å². The van der Waals surface area contributed by atoms with Crippen LogP contribution in [0.4, 0.5) is 4.79 Å². The molecule has 2 aliphatic heterocycles. The lowest BCUT2D eigenvalue weighted by Crippen LogP contribution is -2.51. The Kier molecular flexibility index (Phi) is 6.49. The largest absolute Gasteiger partial charge is 0.452 e. The first-order valence-electron chi connectivity index (χ1n) is 12.8. The van der Waals surface area contributed by atoms with Gasteiger partial charge >= 0.3 is 18.0 Å². The van der Waals surface area contributed by atoms with Gasteiger partial charge in [-0.25, -0.2) is 14.4 Å². The van der Waals surface area contributed by atoms with Crippen LogP contribution in [0.2, 0.25) is 0 Å². The van der Waals surface area contributed by atoms with Gasteiger partial charge in [-0.2, -0.15) is 0 Å². The van der Waals surface area contributed by atoms with Crippen molar-refractivity contribution in [3.8, 4) is 0 Å². The van der Waals surface area contributed by atoms with Crippen LogP contribution in [0, 0.1) is 11.8 Å². The van der Waals surface area contributed by atoms with Crippen LogP contribution < -0.4 is 0 Å². The van der Waals surface area contributed by atoms with E-state index in [1.807, 2.05) is 32.9 Å². The summed E-state index contributed by atoms with van der Waals surface area (Å²) in [4.78, 5) is 41.5.